The van der Waals surface area contributed by atoms with E-state index in [1.165, 1.54) is 0 Å². The molecule has 110 valence electrons. The van der Waals surface area contributed by atoms with E-state index in [4.69, 9.17) is 0 Å². The fourth-order valence-electron chi connectivity index (χ4n) is 1.49. The third kappa shape index (κ3) is 3.34. The van der Waals surface area contributed by atoms with Gasteiger partial charge in [-0.1, -0.05) is 22.0 Å². The standard InChI is InChI=1S/C11H9BrF3NO4/c1-10(18,5-17)9(12)6-2-3-8(16(19)20)7(4-6)11(13,14)15/h2-5,9,18H,1H3/t9?,10-/m1/s1. The highest BCUT2D eigenvalue weighted by molar-refractivity contribution is 9.09. The lowest BCUT2D eigenvalue weighted by Gasteiger charge is -2.23. The number of nitrogens with zero attached hydrogens (tertiary/aromatic N) is 1. The molecule has 0 heterocycles. The van der Waals surface area contributed by atoms with Gasteiger partial charge in [0.1, 0.15) is 11.2 Å². The zero-order chi connectivity index (χ0) is 15.7. The average molecular weight is 356 g/mol. The van der Waals surface area contributed by atoms with Crippen molar-refractivity contribution < 1.29 is 28.0 Å². The van der Waals surface area contributed by atoms with Crippen molar-refractivity contribution in [3.8, 4) is 0 Å². The molecular formula is C11H9BrF3NO4. The second-order valence-corrected chi connectivity index (χ2v) is 5.15. The molecule has 1 aromatic rings. The number of carbonyl (C=O) groups is 1. The molecule has 0 bridgehead atoms. The van der Waals surface area contributed by atoms with Crippen LogP contribution in [0.2, 0.25) is 0 Å². The van der Waals surface area contributed by atoms with Gasteiger partial charge in [-0.25, -0.2) is 0 Å². The molecule has 1 aromatic carbocycles. The lowest BCUT2D eigenvalue weighted by molar-refractivity contribution is -0.388. The average Bonchev–Trinajstić information content (AvgIpc) is 2.35. The molecule has 2 atom stereocenters. The maximum Gasteiger partial charge on any atom is 0.423 e. The molecular weight excluding hydrogens is 347 g/mol. The monoisotopic (exact) mass is 355 g/mol. The Balaban J connectivity index is 3.41. The van der Waals surface area contributed by atoms with Gasteiger partial charge in [0.2, 0.25) is 0 Å². The summed E-state index contributed by atoms with van der Waals surface area (Å²) in [7, 11) is 0. The smallest absolute Gasteiger partial charge is 0.381 e. The first-order valence-electron chi connectivity index (χ1n) is 5.19. The van der Waals surface area contributed by atoms with Crippen LogP contribution in [0.1, 0.15) is 22.9 Å². The minimum Gasteiger partial charge on any atom is -0.381 e. The number of benzene rings is 1. The number of hydrogen-bond donors (Lipinski definition) is 1. The predicted molar refractivity (Wildman–Crippen MR) is 66.5 cm³/mol. The second-order valence-electron chi connectivity index (χ2n) is 4.24. The molecule has 0 saturated carbocycles. The molecule has 0 aliphatic heterocycles. The molecule has 20 heavy (non-hydrogen) atoms. The summed E-state index contributed by atoms with van der Waals surface area (Å²) in [6.07, 6.45) is -4.75. The van der Waals surface area contributed by atoms with Gasteiger partial charge in [0, 0.05) is 6.07 Å². The van der Waals surface area contributed by atoms with E-state index in [0.29, 0.717) is 12.1 Å². The summed E-state index contributed by atoms with van der Waals surface area (Å²) in [6, 6.07) is 2.27. The van der Waals surface area contributed by atoms with Crippen LogP contribution in [0.5, 0.6) is 0 Å². The fourth-order valence-corrected chi connectivity index (χ4v) is 1.89. The molecule has 0 radical (unpaired) electrons. The molecule has 1 unspecified atom stereocenters. The number of aldehydes is 1. The molecule has 0 spiro atoms. The van der Waals surface area contributed by atoms with Gasteiger partial charge >= 0.3 is 6.18 Å². The molecule has 0 aliphatic rings. The highest BCUT2D eigenvalue weighted by atomic mass is 79.9. The van der Waals surface area contributed by atoms with E-state index in [-0.39, 0.29) is 11.8 Å². The molecule has 0 aromatic heterocycles. The van der Waals surface area contributed by atoms with Crippen LogP contribution >= 0.6 is 15.9 Å². The summed E-state index contributed by atoms with van der Waals surface area (Å²) in [5.41, 5.74) is -4.57. The summed E-state index contributed by atoms with van der Waals surface area (Å²) >= 11 is 2.91. The molecule has 9 heteroatoms. The van der Waals surface area contributed by atoms with Crippen LogP contribution in [-0.2, 0) is 11.0 Å². The van der Waals surface area contributed by atoms with Gasteiger partial charge in [-0.2, -0.15) is 13.2 Å². The second kappa shape index (κ2) is 5.49. The van der Waals surface area contributed by atoms with E-state index in [0.717, 1.165) is 13.0 Å². The number of halogens is 4. The van der Waals surface area contributed by atoms with E-state index in [9.17, 15) is 33.2 Å². The van der Waals surface area contributed by atoms with Crippen molar-refractivity contribution in [2.24, 2.45) is 0 Å². The molecule has 1 rings (SSSR count). The van der Waals surface area contributed by atoms with E-state index in [2.05, 4.69) is 15.9 Å². The van der Waals surface area contributed by atoms with E-state index >= 15 is 0 Å². The fraction of sp³-hybridized carbons (Fsp3) is 0.364. The number of hydrogen-bond acceptors (Lipinski definition) is 4. The number of nitro benzene ring substituents is 1. The number of alkyl halides is 4. The number of carbonyl (C=O) groups excluding carboxylic acids is 1. The predicted octanol–water partition coefficient (Wildman–Crippen LogP) is 3.00. The van der Waals surface area contributed by atoms with Crippen molar-refractivity contribution in [3.63, 3.8) is 0 Å². The van der Waals surface area contributed by atoms with E-state index < -0.39 is 32.8 Å². The summed E-state index contributed by atoms with van der Waals surface area (Å²) in [5.74, 6) is 0. The Morgan fingerprint density at radius 2 is 2.00 bits per heavy atom. The largest absolute Gasteiger partial charge is 0.423 e. The summed E-state index contributed by atoms with van der Waals surface area (Å²) < 4.78 is 38.3. The van der Waals surface area contributed by atoms with Crippen LogP contribution in [0.3, 0.4) is 0 Å². The maximum atomic E-state index is 12.8. The highest BCUT2D eigenvalue weighted by Gasteiger charge is 2.40. The molecule has 0 amide bonds. The lowest BCUT2D eigenvalue weighted by Crippen LogP contribution is -2.31. The normalized spacial score (nSPS) is 16.3. The van der Waals surface area contributed by atoms with Crippen LogP contribution in [0, 0.1) is 10.1 Å². The van der Waals surface area contributed by atoms with Crippen molar-refractivity contribution >= 4 is 27.9 Å². The van der Waals surface area contributed by atoms with Gasteiger partial charge in [-0.05, 0) is 18.6 Å². The molecule has 0 fully saturated rings. The Hall–Kier alpha value is -1.48. The topological polar surface area (TPSA) is 80.4 Å². The maximum absolute atomic E-state index is 12.8. The Bertz CT molecular complexity index is 545. The first-order valence-corrected chi connectivity index (χ1v) is 6.10. The SMILES string of the molecule is C[C@@](O)(C=O)C(Br)c1ccc([N+](=O)[O-])c(C(F)(F)F)c1. The zero-order valence-corrected chi connectivity index (χ0v) is 11.6. The Kier molecular flexibility index (Phi) is 4.55. The third-order valence-corrected chi connectivity index (χ3v) is 4.02. The van der Waals surface area contributed by atoms with Crippen LogP contribution in [-0.4, -0.2) is 21.9 Å². The van der Waals surface area contributed by atoms with Gasteiger partial charge in [-0.3, -0.25) is 10.1 Å². The Morgan fingerprint density at radius 3 is 2.40 bits per heavy atom. The summed E-state index contributed by atoms with van der Waals surface area (Å²) in [6.45, 7) is 1.11. The quantitative estimate of drug-likeness (QED) is 0.389. The van der Waals surface area contributed by atoms with Crippen molar-refractivity contribution in [1.82, 2.24) is 0 Å². The third-order valence-electron chi connectivity index (χ3n) is 2.57. The molecule has 1 N–H and O–H groups in total. The summed E-state index contributed by atoms with van der Waals surface area (Å²) in [5, 5.41) is 20.3. The van der Waals surface area contributed by atoms with Crippen molar-refractivity contribution in [2.75, 3.05) is 0 Å². The van der Waals surface area contributed by atoms with Crippen LogP contribution in [0.25, 0.3) is 0 Å². The first kappa shape index (κ1) is 16.6. The van der Waals surface area contributed by atoms with Crippen molar-refractivity contribution in [3.05, 3.63) is 39.4 Å². The van der Waals surface area contributed by atoms with Gasteiger partial charge < -0.3 is 9.90 Å². The van der Waals surface area contributed by atoms with E-state index in [1.807, 2.05) is 0 Å². The van der Waals surface area contributed by atoms with Gasteiger partial charge in [0.15, 0.2) is 6.29 Å². The highest BCUT2D eigenvalue weighted by Crippen LogP contribution is 2.40. The van der Waals surface area contributed by atoms with Crippen LogP contribution in [0.4, 0.5) is 18.9 Å². The van der Waals surface area contributed by atoms with E-state index in [1.54, 1.807) is 0 Å². The molecule has 0 saturated heterocycles. The first-order chi connectivity index (χ1) is 9.00. The van der Waals surface area contributed by atoms with Gasteiger partial charge in [-0.15, -0.1) is 0 Å². The zero-order valence-electron chi connectivity index (χ0n) is 10.0. The minimum atomic E-state index is -4.92. The minimum absolute atomic E-state index is 0.0972. The van der Waals surface area contributed by atoms with Gasteiger partial charge in [0.05, 0.1) is 9.75 Å². The number of rotatable bonds is 4. The Labute approximate surface area is 119 Å². The molecule has 5 nitrogen and oxygen atoms in total. The van der Waals surface area contributed by atoms with Gasteiger partial charge in [0.25, 0.3) is 5.69 Å². The lowest BCUT2D eigenvalue weighted by atomic mass is 9.96. The number of nitro groups is 1. The number of aliphatic hydroxyl groups is 1. The Morgan fingerprint density at radius 1 is 1.45 bits per heavy atom. The van der Waals surface area contributed by atoms with Crippen LogP contribution in [0.15, 0.2) is 18.2 Å². The molecule has 0 aliphatic carbocycles. The van der Waals surface area contributed by atoms with Crippen molar-refractivity contribution in [2.45, 2.75) is 23.5 Å². The van der Waals surface area contributed by atoms with Crippen LogP contribution < -0.4 is 0 Å². The van der Waals surface area contributed by atoms with Crippen molar-refractivity contribution in [1.29, 1.82) is 0 Å². The summed E-state index contributed by atoms with van der Waals surface area (Å²) in [4.78, 5) is 19.0.